The SMILES string of the molecule is CC1CCCN(C(=O)C2(C(=O)NCCc3ccc(S(N)(=O)=O)cc3)CC2)C1. The molecule has 0 radical (unpaired) electrons. The topological polar surface area (TPSA) is 110 Å². The van der Waals surface area contributed by atoms with Gasteiger partial charge in [0.25, 0.3) is 0 Å². The molecule has 1 saturated carbocycles. The number of carbonyl (C=O) groups excluding carboxylic acids is 2. The molecule has 1 saturated heterocycles. The third-order valence-corrected chi connectivity index (χ3v) is 6.42. The van der Waals surface area contributed by atoms with Gasteiger partial charge in [-0.2, -0.15) is 0 Å². The van der Waals surface area contributed by atoms with E-state index in [4.69, 9.17) is 5.14 Å². The minimum Gasteiger partial charge on any atom is -0.355 e. The third kappa shape index (κ3) is 4.50. The van der Waals surface area contributed by atoms with Gasteiger partial charge in [0.2, 0.25) is 21.8 Å². The molecule has 1 heterocycles. The molecule has 0 bridgehead atoms. The summed E-state index contributed by atoms with van der Waals surface area (Å²) < 4.78 is 22.5. The molecular weight excluding hydrogens is 366 g/mol. The van der Waals surface area contributed by atoms with Gasteiger partial charge in [0, 0.05) is 19.6 Å². The van der Waals surface area contributed by atoms with E-state index in [2.05, 4.69) is 12.2 Å². The number of hydrogen-bond acceptors (Lipinski definition) is 4. The van der Waals surface area contributed by atoms with E-state index in [1.54, 1.807) is 12.1 Å². The van der Waals surface area contributed by atoms with Gasteiger partial charge in [0.15, 0.2) is 0 Å². The highest BCUT2D eigenvalue weighted by molar-refractivity contribution is 7.89. The fourth-order valence-electron chi connectivity index (χ4n) is 3.67. The van der Waals surface area contributed by atoms with Crippen LogP contribution in [0.4, 0.5) is 0 Å². The van der Waals surface area contributed by atoms with Crippen LogP contribution in [0.15, 0.2) is 29.2 Å². The molecule has 2 aliphatic rings. The normalized spacial score (nSPS) is 21.6. The fraction of sp³-hybridized carbons (Fsp3) is 0.579. The van der Waals surface area contributed by atoms with Crippen LogP contribution in [-0.4, -0.2) is 44.8 Å². The number of piperidine rings is 1. The quantitative estimate of drug-likeness (QED) is 0.704. The number of carbonyl (C=O) groups is 2. The summed E-state index contributed by atoms with van der Waals surface area (Å²) in [5, 5.41) is 7.96. The molecule has 1 unspecified atom stereocenters. The van der Waals surface area contributed by atoms with E-state index in [0.29, 0.717) is 31.7 Å². The van der Waals surface area contributed by atoms with Gasteiger partial charge >= 0.3 is 0 Å². The number of benzene rings is 1. The summed E-state index contributed by atoms with van der Waals surface area (Å²) in [5.41, 5.74) is 0.0258. The monoisotopic (exact) mass is 393 g/mol. The summed E-state index contributed by atoms with van der Waals surface area (Å²) >= 11 is 0. The Bertz CT molecular complexity index is 816. The molecule has 7 nitrogen and oxygen atoms in total. The number of nitrogens with zero attached hydrogens (tertiary/aromatic N) is 1. The van der Waals surface area contributed by atoms with Gasteiger partial charge in [-0.25, -0.2) is 13.6 Å². The molecule has 0 spiro atoms. The van der Waals surface area contributed by atoms with Crippen molar-refractivity contribution in [3.63, 3.8) is 0 Å². The number of rotatable bonds is 6. The van der Waals surface area contributed by atoms with Crippen LogP contribution in [0.1, 0.15) is 38.2 Å². The van der Waals surface area contributed by atoms with Crippen molar-refractivity contribution >= 4 is 21.8 Å². The van der Waals surface area contributed by atoms with Crippen molar-refractivity contribution in [3.05, 3.63) is 29.8 Å². The van der Waals surface area contributed by atoms with Crippen molar-refractivity contribution < 1.29 is 18.0 Å². The van der Waals surface area contributed by atoms with Crippen LogP contribution in [0.5, 0.6) is 0 Å². The predicted molar refractivity (Wildman–Crippen MR) is 101 cm³/mol. The molecule has 1 aromatic rings. The van der Waals surface area contributed by atoms with E-state index in [1.165, 1.54) is 12.1 Å². The number of primary sulfonamides is 1. The maximum atomic E-state index is 12.8. The molecule has 3 rings (SSSR count). The van der Waals surface area contributed by atoms with E-state index in [0.717, 1.165) is 31.5 Å². The largest absolute Gasteiger partial charge is 0.355 e. The molecule has 3 N–H and O–H groups in total. The summed E-state index contributed by atoms with van der Waals surface area (Å²) in [6.45, 7) is 4.03. The van der Waals surface area contributed by atoms with Crippen molar-refractivity contribution in [2.45, 2.75) is 43.9 Å². The number of nitrogens with one attached hydrogen (secondary N) is 1. The maximum Gasteiger partial charge on any atom is 0.238 e. The summed E-state index contributed by atoms with van der Waals surface area (Å²) in [5.74, 6) is 0.276. The Morgan fingerprint density at radius 3 is 2.48 bits per heavy atom. The van der Waals surface area contributed by atoms with Gasteiger partial charge in [-0.15, -0.1) is 0 Å². The number of nitrogens with two attached hydrogens (primary N) is 1. The van der Waals surface area contributed by atoms with Crippen molar-refractivity contribution in [1.82, 2.24) is 10.2 Å². The van der Waals surface area contributed by atoms with Gasteiger partial charge in [-0.05, 0) is 55.7 Å². The minimum absolute atomic E-state index is 0.0240. The van der Waals surface area contributed by atoms with Crippen LogP contribution < -0.4 is 10.5 Å². The highest BCUT2D eigenvalue weighted by Gasteiger charge is 2.58. The zero-order valence-corrected chi connectivity index (χ0v) is 16.4. The van der Waals surface area contributed by atoms with Crippen LogP contribution in [0.25, 0.3) is 0 Å². The highest BCUT2D eigenvalue weighted by Crippen LogP contribution is 2.48. The van der Waals surface area contributed by atoms with Crippen LogP contribution in [0.3, 0.4) is 0 Å². The van der Waals surface area contributed by atoms with Crippen molar-refractivity contribution in [2.24, 2.45) is 16.5 Å². The lowest BCUT2D eigenvalue weighted by Gasteiger charge is -2.33. The Labute approximate surface area is 160 Å². The lowest BCUT2D eigenvalue weighted by atomic mass is 9.96. The second kappa shape index (κ2) is 7.59. The Morgan fingerprint density at radius 2 is 1.93 bits per heavy atom. The molecule has 1 atom stereocenters. The van der Waals surface area contributed by atoms with Gasteiger partial charge in [-0.1, -0.05) is 19.1 Å². The molecule has 8 heteroatoms. The molecule has 2 fully saturated rings. The second-order valence-electron chi connectivity index (χ2n) is 7.78. The van der Waals surface area contributed by atoms with Gasteiger partial charge in [-0.3, -0.25) is 9.59 Å². The first-order valence-corrected chi connectivity index (χ1v) is 11.0. The lowest BCUT2D eigenvalue weighted by molar-refractivity contribution is -0.145. The molecule has 1 aliphatic carbocycles. The summed E-state index contributed by atoms with van der Waals surface area (Å²) in [4.78, 5) is 27.4. The average molecular weight is 394 g/mol. The number of likely N-dealkylation sites (tertiary alicyclic amines) is 1. The third-order valence-electron chi connectivity index (χ3n) is 5.49. The minimum atomic E-state index is -3.70. The lowest BCUT2D eigenvalue weighted by Crippen LogP contribution is -2.48. The Balaban J connectivity index is 1.52. The maximum absolute atomic E-state index is 12.8. The van der Waals surface area contributed by atoms with Gasteiger partial charge < -0.3 is 10.2 Å². The molecular formula is C19H27N3O4S. The van der Waals surface area contributed by atoms with Gasteiger partial charge in [0.1, 0.15) is 5.41 Å². The van der Waals surface area contributed by atoms with Crippen molar-refractivity contribution in [3.8, 4) is 0 Å². The van der Waals surface area contributed by atoms with E-state index >= 15 is 0 Å². The summed E-state index contributed by atoms with van der Waals surface area (Å²) in [6, 6.07) is 6.27. The van der Waals surface area contributed by atoms with E-state index in [9.17, 15) is 18.0 Å². The second-order valence-corrected chi connectivity index (χ2v) is 9.34. The first kappa shape index (κ1) is 19.8. The molecule has 2 amide bonds. The van der Waals surface area contributed by atoms with Gasteiger partial charge in [0.05, 0.1) is 4.90 Å². The Hall–Kier alpha value is -1.93. The summed E-state index contributed by atoms with van der Waals surface area (Å²) in [7, 11) is -3.70. The van der Waals surface area contributed by atoms with Crippen molar-refractivity contribution in [1.29, 1.82) is 0 Å². The number of hydrogen-bond donors (Lipinski definition) is 2. The first-order valence-electron chi connectivity index (χ1n) is 9.42. The first-order chi connectivity index (χ1) is 12.7. The zero-order valence-electron chi connectivity index (χ0n) is 15.6. The summed E-state index contributed by atoms with van der Waals surface area (Å²) in [6.07, 6.45) is 3.92. The molecule has 1 aliphatic heterocycles. The fourth-order valence-corrected chi connectivity index (χ4v) is 4.19. The highest BCUT2D eigenvalue weighted by atomic mass is 32.2. The zero-order chi connectivity index (χ0) is 19.7. The van der Waals surface area contributed by atoms with Crippen LogP contribution in [0, 0.1) is 11.3 Å². The number of sulfonamides is 1. The number of amides is 2. The standard InChI is InChI=1S/C19H27N3O4S/c1-14-3-2-12-22(13-14)18(24)19(9-10-19)17(23)21-11-8-15-4-6-16(7-5-15)27(20,25)26/h4-7,14H,2-3,8-13H2,1H3,(H,21,23)(H2,20,25,26). The van der Waals surface area contributed by atoms with Crippen molar-refractivity contribution in [2.75, 3.05) is 19.6 Å². The van der Waals surface area contributed by atoms with E-state index < -0.39 is 15.4 Å². The Morgan fingerprint density at radius 1 is 1.26 bits per heavy atom. The Kier molecular flexibility index (Phi) is 5.58. The molecule has 27 heavy (non-hydrogen) atoms. The van der Waals surface area contributed by atoms with E-state index in [-0.39, 0.29) is 16.7 Å². The predicted octanol–water partition coefficient (Wildman–Crippen LogP) is 1.03. The molecule has 1 aromatic carbocycles. The smallest absolute Gasteiger partial charge is 0.238 e. The van der Waals surface area contributed by atoms with Crippen LogP contribution in [-0.2, 0) is 26.0 Å². The molecule has 0 aromatic heterocycles. The van der Waals surface area contributed by atoms with Crippen LogP contribution in [0.2, 0.25) is 0 Å². The average Bonchev–Trinajstić information content (AvgIpc) is 3.42. The molecule has 148 valence electrons. The van der Waals surface area contributed by atoms with Crippen LogP contribution >= 0.6 is 0 Å². The van der Waals surface area contributed by atoms with E-state index in [1.807, 2.05) is 4.90 Å².